The van der Waals surface area contributed by atoms with Gasteiger partial charge in [-0.15, -0.1) is 0 Å². The van der Waals surface area contributed by atoms with Crippen LogP contribution in [0.2, 0.25) is 0 Å². The molecule has 1 N–H and O–H groups in total. The topological polar surface area (TPSA) is 89.3 Å². The Bertz CT molecular complexity index is 1620. The summed E-state index contributed by atoms with van der Waals surface area (Å²) < 4.78 is 20.0. The van der Waals surface area contributed by atoms with Crippen LogP contribution in [-0.2, 0) is 30.0 Å². The summed E-state index contributed by atoms with van der Waals surface area (Å²) in [6.07, 6.45) is 10.3. The number of allylic oxidation sites excluding steroid dienone is 2. The van der Waals surface area contributed by atoms with Gasteiger partial charge in [-0.2, -0.15) is 5.10 Å². The maximum absolute atomic E-state index is 11.8. The number of aryl methyl sites for hydroxylation is 1. The third kappa shape index (κ3) is 4.80. The number of aromatic nitrogens is 2. The monoisotopic (exact) mass is 582 g/mol. The number of para-hydroxylation sites is 1. The van der Waals surface area contributed by atoms with Crippen LogP contribution < -0.4 is 9.47 Å². The summed E-state index contributed by atoms with van der Waals surface area (Å²) in [4.78, 5) is 16.6. The number of benzene rings is 2. The van der Waals surface area contributed by atoms with Crippen LogP contribution in [0.15, 0.2) is 60.8 Å². The standard InChI is InChI=1S/C34H38N4O5/c1-22-6-4-7-28(30-8-5-14-34(3)37(30)23(2)43-32-29(33(39)40)19-35-38(32)34)31(22)42-21-24-9-10-26-20-36(15-11-25(26)18-24)27-12-16-41-17-13-27/h4-10,14,18-19,23,27H,11-13,15-17,20-21H2,1-3H3,(H,39,40). The third-order valence-corrected chi connectivity index (χ3v) is 9.33. The minimum Gasteiger partial charge on any atom is -0.488 e. The molecule has 0 radical (unpaired) electrons. The molecule has 4 aliphatic heterocycles. The number of carboxylic acid groups (broad SMARTS) is 1. The normalized spacial score (nSPS) is 23.6. The molecule has 0 saturated carbocycles. The Morgan fingerprint density at radius 2 is 2.02 bits per heavy atom. The highest BCUT2D eigenvalue weighted by atomic mass is 16.5. The molecule has 0 spiro atoms. The van der Waals surface area contributed by atoms with Gasteiger partial charge in [-0.25, -0.2) is 9.48 Å². The summed E-state index contributed by atoms with van der Waals surface area (Å²) >= 11 is 0. The van der Waals surface area contributed by atoms with Crippen LogP contribution in [0.3, 0.4) is 0 Å². The number of ether oxygens (including phenoxy) is 3. The van der Waals surface area contributed by atoms with E-state index in [1.807, 2.05) is 32.1 Å². The van der Waals surface area contributed by atoms with Crippen molar-refractivity contribution < 1.29 is 24.1 Å². The Morgan fingerprint density at radius 1 is 1.19 bits per heavy atom. The van der Waals surface area contributed by atoms with E-state index >= 15 is 0 Å². The predicted octanol–water partition coefficient (Wildman–Crippen LogP) is 5.33. The van der Waals surface area contributed by atoms with Gasteiger partial charge in [0, 0.05) is 37.9 Å². The van der Waals surface area contributed by atoms with Crippen LogP contribution >= 0.6 is 0 Å². The lowest BCUT2D eigenvalue weighted by Crippen LogP contribution is -2.57. The maximum atomic E-state index is 11.8. The van der Waals surface area contributed by atoms with Crippen LogP contribution in [0.4, 0.5) is 0 Å². The smallest absolute Gasteiger partial charge is 0.342 e. The van der Waals surface area contributed by atoms with Crippen molar-refractivity contribution in [1.29, 1.82) is 0 Å². The fourth-order valence-corrected chi connectivity index (χ4v) is 7.10. The van der Waals surface area contributed by atoms with Gasteiger partial charge in [-0.05, 0) is 80.5 Å². The summed E-state index contributed by atoms with van der Waals surface area (Å²) in [5, 5.41) is 14.1. The molecule has 4 aliphatic rings. The van der Waals surface area contributed by atoms with Crippen molar-refractivity contribution in [2.45, 2.75) is 71.1 Å². The Balaban J connectivity index is 1.13. The van der Waals surface area contributed by atoms with Gasteiger partial charge < -0.3 is 24.2 Å². The molecule has 0 amide bonds. The molecule has 2 unspecified atom stereocenters. The van der Waals surface area contributed by atoms with Crippen molar-refractivity contribution in [3.63, 3.8) is 0 Å². The van der Waals surface area contributed by atoms with Crippen molar-refractivity contribution in [2.24, 2.45) is 0 Å². The molecule has 2 atom stereocenters. The van der Waals surface area contributed by atoms with Gasteiger partial charge in [0.15, 0.2) is 11.9 Å². The van der Waals surface area contributed by atoms with E-state index in [4.69, 9.17) is 14.2 Å². The van der Waals surface area contributed by atoms with Crippen molar-refractivity contribution >= 4 is 11.7 Å². The number of carbonyl (C=O) groups is 1. The zero-order chi connectivity index (χ0) is 29.7. The average molecular weight is 583 g/mol. The zero-order valence-electron chi connectivity index (χ0n) is 25.0. The number of hydrogen-bond donors (Lipinski definition) is 1. The largest absolute Gasteiger partial charge is 0.488 e. The first-order valence-electron chi connectivity index (χ1n) is 15.2. The number of aromatic carboxylic acids is 1. The predicted molar refractivity (Wildman–Crippen MR) is 162 cm³/mol. The molecule has 0 aliphatic carbocycles. The first-order chi connectivity index (χ1) is 20.8. The van der Waals surface area contributed by atoms with E-state index in [9.17, 15) is 9.90 Å². The quantitative estimate of drug-likeness (QED) is 0.417. The van der Waals surface area contributed by atoms with Gasteiger partial charge in [0.05, 0.1) is 11.9 Å². The summed E-state index contributed by atoms with van der Waals surface area (Å²) in [7, 11) is 0. The molecule has 1 saturated heterocycles. The first-order valence-corrected chi connectivity index (χ1v) is 15.2. The Labute approximate surface area is 252 Å². The number of hydrogen-bond acceptors (Lipinski definition) is 7. The third-order valence-electron chi connectivity index (χ3n) is 9.33. The lowest BCUT2D eigenvalue weighted by atomic mass is 9.95. The second-order valence-corrected chi connectivity index (χ2v) is 12.1. The molecule has 2 aromatic carbocycles. The summed E-state index contributed by atoms with van der Waals surface area (Å²) in [5.41, 5.74) is 6.20. The molecular formula is C34H38N4O5. The molecule has 5 heterocycles. The Morgan fingerprint density at radius 3 is 2.84 bits per heavy atom. The minimum atomic E-state index is -1.06. The second kappa shape index (κ2) is 10.9. The maximum Gasteiger partial charge on any atom is 0.342 e. The summed E-state index contributed by atoms with van der Waals surface area (Å²) in [6.45, 7) is 10.3. The summed E-state index contributed by atoms with van der Waals surface area (Å²) in [5.74, 6) is 0.0161. The van der Waals surface area contributed by atoms with Gasteiger partial charge in [-0.1, -0.05) is 36.4 Å². The zero-order valence-corrected chi connectivity index (χ0v) is 25.0. The second-order valence-electron chi connectivity index (χ2n) is 12.1. The van der Waals surface area contributed by atoms with Gasteiger partial charge in [0.25, 0.3) is 0 Å². The number of carboxylic acids is 1. The van der Waals surface area contributed by atoms with E-state index in [1.165, 1.54) is 17.3 Å². The molecule has 3 aromatic rings. The lowest BCUT2D eigenvalue weighted by Gasteiger charge is -2.50. The van der Waals surface area contributed by atoms with E-state index in [0.717, 1.165) is 73.7 Å². The fraction of sp³-hybridized carbons (Fsp3) is 0.412. The number of fused-ring (bicyclic) bond motifs is 4. The van der Waals surface area contributed by atoms with Crippen LogP contribution in [0.1, 0.15) is 64.9 Å². The molecule has 0 bridgehead atoms. The van der Waals surface area contributed by atoms with Gasteiger partial charge >= 0.3 is 5.97 Å². The molecule has 1 fully saturated rings. The van der Waals surface area contributed by atoms with Crippen LogP contribution in [0, 0.1) is 6.92 Å². The van der Waals surface area contributed by atoms with E-state index in [2.05, 4.69) is 58.2 Å². The molecule has 1 aromatic heterocycles. The Hall–Kier alpha value is -4.08. The van der Waals surface area contributed by atoms with Crippen molar-refractivity contribution in [2.75, 3.05) is 19.8 Å². The molecule has 7 rings (SSSR count). The van der Waals surface area contributed by atoms with Crippen molar-refractivity contribution in [3.05, 3.63) is 94.2 Å². The highest BCUT2D eigenvalue weighted by Crippen LogP contribution is 2.46. The van der Waals surface area contributed by atoms with Crippen LogP contribution in [0.25, 0.3) is 5.70 Å². The highest BCUT2D eigenvalue weighted by molar-refractivity contribution is 5.90. The van der Waals surface area contributed by atoms with Gasteiger partial charge in [0.2, 0.25) is 5.88 Å². The number of nitrogens with zero attached hydrogens (tertiary/aromatic N) is 4. The molecule has 9 heteroatoms. The highest BCUT2D eigenvalue weighted by Gasteiger charge is 2.47. The van der Waals surface area contributed by atoms with Crippen molar-refractivity contribution in [1.82, 2.24) is 19.6 Å². The average Bonchev–Trinajstić information content (AvgIpc) is 3.45. The van der Waals surface area contributed by atoms with E-state index < -0.39 is 17.9 Å². The molecule has 224 valence electrons. The van der Waals surface area contributed by atoms with Gasteiger partial charge in [-0.3, -0.25) is 4.90 Å². The first kappa shape index (κ1) is 27.7. The lowest BCUT2D eigenvalue weighted by molar-refractivity contribution is -0.0568. The van der Waals surface area contributed by atoms with Crippen LogP contribution in [-0.4, -0.2) is 62.7 Å². The van der Waals surface area contributed by atoms with E-state index in [-0.39, 0.29) is 11.4 Å². The van der Waals surface area contributed by atoms with Gasteiger partial charge in [0.1, 0.15) is 17.9 Å². The number of rotatable bonds is 6. The molecule has 43 heavy (non-hydrogen) atoms. The molecular weight excluding hydrogens is 544 g/mol. The Kier molecular flexibility index (Phi) is 7.02. The fourth-order valence-electron chi connectivity index (χ4n) is 7.10. The molecule has 9 nitrogen and oxygen atoms in total. The van der Waals surface area contributed by atoms with Crippen molar-refractivity contribution in [3.8, 4) is 11.6 Å². The minimum absolute atomic E-state index is 0.0538. The summed E-state index contributed by atoms with van der Waals surface area (Å²) in [6, 6.07) is 13.6. The van der Waals surface area contributed by atoms with E-state index in [0.29, 0.717) is 12.6 Å². The van der Waals surface area contributed by atoms with E-state index in [1.54, 1.807) is 4.68 Å². The van der Waals surface area contributed by atoms with Crippen LogP contribution in [0.5, 0.6) is 11.6 Å². The SMILES string of the molecule is Cc1cccc(C2=CC=CC3(C)N2C(C)Oc2c(C(=O)O)cnn23)c1OCc1ccc2c(c1)CCN(C1CCOCC1)C2.